The van der Waals surface area contributed by atoms with Gasteiger partial charge in [0.25, 0.3) is 5.22 Å². The Kier molecular flexibility index (Phi) is 3.75. The fraction of sp³-hybridized carbons (Fsp3) is 0.571. The van der Waals surface area contributed by atoms with Crippen LogP contribution in [0.4, 0.5) is 0 Å². The first-order chi connectivity index (χ1) is 6.18. The molecular weight excluding hydrogens is 190 g/mol. The van der Waals surface area contributed by atoms with E-state index in [1.807, 2.05) is 0 Å². The number of aromatic nitrogens is 2. The van der Waals surface area contributed by atoms with Crippen LogP contribution >= 0.6 is 12.6 Å². The molecule has 0 unspecified atom stereocenters. The average molecular weight is 201 g/mol. The van der Waals surface area contributed by atoms with Gasteiger partial charge in [-0.15, -0.1) is 10.2 Å². The van der Waals surface area contributed by atoms with Gasteiger partial charge >= 0.3 is 0 Å². The molecule has 72 valence electrons. The first-order valence-corrected chi connectivity index (χ1v) is 4.43. The van der Waals surface area contributed by atoms with Crippen molar-refractivity contribution in [1.82, 2.24) is 10.2 Å². The predicted molar refractivity (Wildman–Crippen MR) is 48.3 cm³/mol. The van der Waals surface area contributed by atoms with Crippen LogP contribution in [0.2, 0.25) is 0 Å². The van der Waals surface area contributed by atoms with Crippen LogP contribution in [0.25, 0.3) is 0 Å². The van der Waals surface area contributed by atoms with E-state index in [-0.39, 0.29) is 11.1 Å². The topological polar surface area (TPSA) is 82.0 Å². The number of carbonyl (C=O) groups excluding carboxylic acids is 1. The first kappa shape index (κ1) is 10.0. The lowest BCUT2D eigenvalue weighted by atomic mass is 10.2. The monoisotopic (exact) mass is 201 g/mol. The summed E-state index contributed by atoms with van der Waals surface area (Å²) < 4.78 is 5.02. The number of hydrogen-bond acceptors (Lipinski definition) is 5. The van der Waals surface area contributed by atoms with Crippen molar-refractivity contribution in [3.8, 4) is 0 Å². The average Bonchev–Trinajstić information content (AvgIpc) is 2.45. The van der Waals surface area contributed by atoms with E-state index >= 15 is 0 Å². The van der Waals surface area contributed by atoms with Gasteiger partial charge in [0.2, 0.25) is 11.8 Å². The number of thiol groups is 1. The minimum Gasteiger partial charge on any atom is -0.416 e. The Balaban J connectivity index is 2.16. The van der Waals surface area contributed by atoms with Crippen LogP contribution in [0.15, 0.2) is 9.64 Å². The highest BCUT2D eigenvalue weighted by atomic mass is 32.1. The molecule has 0 fully saturated rings. The lowest BCUT2D eigenvalue weighted by Gasteiger charge is -1.93. The SMILES string of the molecule is NC(=O)CCCCc1nnc(S)o1. The van der Waals surface area contributed by atoms with Crippen LogP contribution in [0.5, 0.6) is 0 Å². The molecule has 0 spiro atoms. The van der Waals surface area contributed by atoms with Crippen LogP contribution < -0.4 is 5.73 Å². The lowest BCUT2D eigenvalue weighted by Crippen LogP contribution is -2.09. The van der Waals surface area contributed by atoms with E-state index in [2.05, 4.69) is 22.8 Å². The molecule has 1 rings (SSSR count). The van der Waals surface area contributed by atoms with Crippen LogP contribution in [0.3, 0.4) is 0 Å². The molecule has 0 aliphatic carbocycles. The highest BCUT2D eigenvalue weighted by molar-refractivity contribution is 7.80. The second-order valence-electron chi connectivity index (χ2n) is 2.65. The van der Waals surface area contributed by atoms with Crippen LogP contribution in [0, 0.1) is 0 Å². The number of hydrogen-bond donors (Lipinski definition) is 2. The number of nitrogens with two attached hydrogens (primary N) is 1. The Labute approximate surface area is 81.1 Å². The van der Waals surface area contributed by atoms with E-state index in [1.165, 1.54) is 0 Å². The van der Waals surface area contributed by atoms with Gasteiger partial charge in [-0.2, -0.15) is 0 Å². The molecule has 13 heavy (non-hydrogen) atoms. The Morgan fingerprint density at radius 1 is 1.46 bits per heavy atom. The summed E-state index contributed by atoms with van der Waals surface area (Å²) in [5.74, 6) is 0.273. The molecule has 5 nitrogen and oxygen atoms in total. The quantitative estimate of drug-likeness (QED) is 0.538. The third-order valence-corrected chi connectivity index (χ3v) is 1.70. The van der Waals surface area contributed by atoms with Crippen molar-refractivity contribution in [2.24, 2.45) is 5.73 Å². The molecule has 0 aromatic carbocycles. The maximum absolute atomic E-state index is 10.4. The summed E-state index contributed by atoms with van der Waals surface area (Å²) in [5, 5.41) is 7.58. The molecule has 6 heteroatoms. The Morgan fingerprint density at radius 2 is 2.23 bits per heavy atom. The van der Waals surface area contributed by atoms with Gasteiger partial charge in [0.1, 0.15) is 0 Å². The molecule has 1 aromatic heterocycles. The Bertz CT molecular complexity index is 287. The number of aryl methyl sites for hydroxylation is 1. The third-order valence-electron chi connectivity index (χ3n) is 1.52. The van der Waals surface area contributed by atoms with E-state index in [4.69, 9.17) is 10.2 Å². The minimum atomic E-state index is -0.277. The molecule has 2 N–H and O–H groups in total. The van der Waals surface area contributed by atoms with Gasteiger partial charge in [-0.3, -0.25) is 4.79 Å². The Morgan fingerprint density at radius 3 is 2.77 bits per heavy atom. The molecule has 1 amide bonds. The van der Waals surface area contributed by atoms with Crippen molar-refractivity contribution in [3.05, 3.63) is 5.89 Å². The first-order valence-electron chi connectivity index (χ1n) is 3.98. The van der Waals surface area contributed by atoms with Crippen LogP contribution in [0.1, 0.15) is 25.2 Å². The fourth-order valence-corrected chi connectivity index (χ4v) is 1.07. The second kappa shape index (κ2) is 4.86. The summed E-state index contributed by atoms with van der Waals surface area (Å²) >= 11 is 3.87. The van der Waals surface area contributed by atoms with Crippen molar-refractivity contribution in [3.63, 3.8) is 0 Å². The van der Waals surface area contributed by atoms with E-state index < -0.39 is 0 Å². The molecular formula is C7H11N3O2S. The van der Waals surface area contributed by atoms with Gasteiger partial charge < -0.3 is 10.2 Å². The molecule has 1 aromatic rings. The smallest absolute Gasteiger partial charge is 0.273 e. The summed E-state index contributed by atoms with van der Waals surface area (Å²) in [5.41, 5.74) is 4.97. The van der Waals surface area contributed by atoms with E-state index in [0.717, 1.165) is 12.8 Å². The van der Waals surface area contributed by atoms with Crippen LogP contribution in [-0.4, -0.2) is 16.1 Å². The van der Waals surface area contributed by atoms with E-state index in [0.29, 0.717) is 18.7 Å². The zero-order valence-corrected chi connectivity index (χ0v) is 7.96. The highest BCUT2D eigenvalue weighted by Crippen LogP contribution is 2.07. The minimum absolute atomic E-state index is 0.268. The van der Waals surface area contributed by atoms with Gasteiger partial charge in [-0.25, -0.2) is 0 Å². The molecule has 0 aliphatic rings. The predicted octanol–water partition coefficient (Wildman–Crippen LogP) is 0.556. The molecule has 0 atom stereocenters. The van der Waals surface area contributed by atoms with Crippen LogP contribution in [-0.2, 0) is 11.2 Å². The molecule has 0 saturated heterocycles. The number of carbonyl (C=O) groups is 1. The van der Waals surface area contributed by atoms with Crippen molar-refractivity contribution >= 4 is 18.5 Å². The molecule has 0 saturated carbocycles. The summed E-state index contributed by atoms with van der Waals surface area (Å²) in [4.78, 5) is 10.4. The maximum Gasteiger partial charge on any atom is 0.273 e. The van der Waals surface area contributed by atoms with Gasteiger partial charge in [0.05, 0.1) is 0 Å². The van der Waals surface area contributed by atoms with Crippen molar-refractivity contribution < 1.29 is 9.21 Å². The van der Waals surface area contributed by atoms with E-state index in [9.17, 15) is 4.79 Å². The number of rotatable bonds is 5. The van der Waals surface area contributed by atoms with E-state index in [1.54, 1.807) is 0 Å². The van der Waals surface area contributed by atoms with Gasteiger partial charge in [0.15, 0.2) is 0 Å². The zero-order valence-electron chi connectivity index (χ0n) is 7.06. The highest BCUT2D eigenvalue weighted by Gasteiger charge is 2.02. The van der Waals surface area contributed by atoms with Crippen molar-refractivity contribution in [2.75, 3.05) is 0 Å². The zero-order chi connectivity index (χ0) is 9.68. The largest absolute Gasteiger partial charge is 0.416 e. The normalized spacial score (nSPS) is 10.2. The van der Waals surface area contributed by atoms with Crippen molar-refractivity contribution in [1.29, 1.82) is 0 Å². The summed E-state index contributed by atoms with van der Waals surface area (Å²) in [6, 6.07) is 0. The number of primary amides is 1. The number of amides is 1. The second-order valence-corrected chi connectivity index (χ2v) is 3.03. The van der Waals surface area contributed by atoms with Gasteiger partial charge in [0, 0.05) is 12.8 Å². The molecule has 0 radical (unpaired) electrons. The molecule has 1 heterocycles. The van der Waals surface area contributed by atoms with Gasteiger partial charge in [-0.1, -0.05) is 12.6 Å². The van der Waals surface area contributed by atoms with Gasteiger partial charge in [-0.05, 0) is 12.8 Å². The number of unbranched alkanes of at least 4 members (excludes halogenated alkanes) is 1. The Hall–Kier alpha value is -1.04. The fourth-order valence-electron chi connectivity index (χ4n) is 0.921. The maximum atomic E-state index is 10.4. The summed E-state index contributed by atoms with van der Waals surface area (Å²) in [6.07, 6.45) is 2.64. The summed E-state index contributed by atoms with van der Waals surface area (Å²) in [7, 11) is 0. The third kappa shape index (κ3) is 3.93. The lowest BCUT2D eigenvalue weighted by molar-refractivity contribution is -0.118. The molecule has 0 bridgehead atoms. The molecule has 0 aliphatic heterocycles. The standard InChI is InChI=1S/C7H11N3O2S/c8-5(11)3-1-2-4-6-9-10-7(13)12-6/h1-4H2,(H2,8,11)(H,10,13). The number of nitrogens with zero attached hydrogens (tertiary/aromatic N) is 2. The van der Waals surface area contributed by atoms with Crippen molar-refractivity contribution in [2.45, 2.75) is 30.9 Å². The summed E-state index contributed by atoms with van der Waals surface area (Å²) in [6.45, 7) is 0.